The van der Waals surface area contributed by atoms with Crippen molar-refractivity contribution < 1.29 is 14.4 Å². The molecule has 0 saturated heterocycles. The highest BCUT2D eigenvalue weighted by Gasteiger charge is 2.21. The third kappa shape index (κ3) is 5.70. The summed E-state index contributed by atoms with van der Waals surface area (Å²) in [5, 5.41) is 19.1. The topological polar surface area (TPSA) is 109 Å². The summed E-state index contributed by atoms with van der Waals surface area (Å²) >= 11 is 0. The third-order valence-electron chi connectivity index (χ3n) is 7.98. The van der Waals surface area contributed by atoms with Crippen molar-refractivity contribution in [2.45, 2.75) is 33.3 Å². The Morgan fingerprint density at radius 1 is 0.957 bits per heavy atom. The molecule has 0 fully saturated rings. The fourth-order valence-electron chi connectivity index (χ4n) is 5.61. The Kier molecular flexibility index (Phi) is 8.31. The van der Waals surface area contributed by atoms with E-state index in [9.17, 15) is 14.9 Å². The van der Waals surface area contributed by atoms with Crippen molar-refractivity contribution in [3.8, 4) is 22.9 Å². The van der Waals surface area contributed by atoms with Gasteiger partial charge in [-0.3, -0.25) is 14.9 Å². The van der Waals surface area contributed by atoms with Crippen LogP contribution in [0.1, 0.15) is 42.0 Å². The van der Waals surface area contributed by atoms with Gasteiger partial charge in [0.25, 0.3) is 5.56 Å². The predicted molar refractivity (Wildman–Crippen MR) is 181 cm³/mol. The van der Waals surface area contributed by atoms with Crippen LogP contribution in [0.25, 0.3) is 33.1 Å². The molecule has 230 valence electrons. The summed E-state index contributed by atoms with van der Waals surface area (Å²) in [5.41, 5.74) is 3.70. The molecule has 0 aliphatic heterocycles. The fourth-order valence-corrected chi connectivity index (χ4v) is 5.61. The van der Waals surface area contributed by atoms with Crippen molar-refractivity contribution in [3.63, 3.8) is 0 Å². The number of benzene rings is 5. The van der Waals surface area contributed by atoms with Crippen molar-refractivity contribution in [3.05, 3.63) is 140 Å². The van der Waals surface area contributed by atoms with E-state index in [2.05, 4.69) is 18.9 Å². The van der Waals surface area contributed by atoms with Gasteiger partial charge in [0.1, 0.15) is 12.4 Å². The number of para-hydroxylation sites is 2. The van der Waals surface area contributed by atoms with Crippen LogP contribution in [-0.4, -0.2) is 27.9 Å². The summed E-state index contributed by atoms with van der Waals surface area (Å²) in [7, 11) is 1.63. The molecule has 46 heavy (non-hydrogen) atoms. The standard InChI is InChI=1S/C37H32N4O5/c1-23(2)30-20-31(24(3)19-34(30)45-4)36-39-32-17-8-7-16-29(32)37(42)40(36)38-21-26-13-10-18-33(41(43)44)35(26)46-22-27-14-9-12-25-11-5-6-15-28(25)27/h5-21,23H,22H2,1-4H3. The van der Waals surface area contributed by atoms with Gasteiger partial charge in [-0.15, -0.1) is 0 Å². The van der Waals surface area contributed by atoms with Gasteiger partial charge < -0.3 is 9.47 Å². The molecule has 0 saturated carbocycles. The van der Waals surface area contributed by atoms with Crippen LogP contribution in [-0.2, 0) is 6.61 Å². The second-order valence-electron chi connectivity index (χ2n) is 11.3. The molecule has 0 atom stereocenters. The van der Waals surface area contributed by atoms with Crippen LogP contribution in [0.4, 0.5) is 5.69 Å². The van der Waals surface area contributed by atoms with E-state index in [0.29, 0.717) is 22.3 Å². The Balaban J connectivity index is 1.49. The predicted octanol–water partition coefficient (Wildman–Crippen LogP) is 8.03. The molecule has 1 aromatic heterocycles. The molecule has 5 aromatic carbocycles. The largest absolute Gasteiger partial charge is 0.496 e. The summed E-state index contributed by atoms with van der Waals surface area (Å²) in [4.78, 5) is 30.4. The number of methoxy groups -OCH3 is 1. The van der Waals surface area contributed by atoms with Crippen molar-refractivity contribution in [1.29, 1.82) is 0 Å². The normalized spacial score (nSPS) is 11.5. The molecule has 0 amide bonds. The lowest BCUT2D eigenvalue weighted by atomic mass is 9.96. The number of hydrogen-bond donors (Lipinski definition) is 0. The molecule has 0 aliphatic carbocycles. The number of fused-ring (bicyclic) bond motifs is 2. The van der Waals surface area contributed by atoms with Gasteiger partial charge in [0, 0.05) is 17.2 Å². The summed E-state index contributed by atoms with van der Waals surface area (Å²) in [6.07, 6.45) is 1.41. The number of nitrogens with zero attached hydrogens (tertiary/aromatic N) is 4. The number of ether oxygens (including phenoxy) is 2. The number of nitro groups is 1. The second-order valence-corrected chi connectivity index (χ2v) is 11.3. The Hall–Kier alpha value is -5.83. The lowest BCUT2D eigenvalue weighted by molar-refractivity contribution is -0.385. The summed E-state index contributed by atoms with van der Waals surface area (Å²) in [6.45, 7) is 6.16. The highest BCUT2D eigenvalue weighted by Crippen LogP contribution is 2.35. The lowest BCUT2D eigenvalue weighted by Crippen LogP contribution is -2.21. The van der Waals surface area contributed by atoms with Crippen LogP contribution >= 0.6 is 0 Å². The zero-order chi connectivity index (χ0) is 32.4. The average Bonchev–Trinajstić information content (AvgIpc) is 3.06. The van der Waals surface area contributed by atoms with Gasteiger partial charge in [0.2, 0.25) is 5.75 Å². The van der Waals surface area contributed by atoms with Crippen LogP contribution in [0.3, 0.4) is 0 Å². The van der Waals surface area contributed by atoms with E-state index >= 15 is 0 Å². The fraction of sp³-hybridized carbons (Fsp3) is 0.162. The first kappa shape index (κ1) is 30.2. The van der Waals surface area contributed by atoms with Crippen LogP contribution < -0.4 is 15.0 Å². The highest BCUT2D eigenvalue weighted by atomic mass is 16.6. The van der Waals surface area contributed by atoms with E-state index in [-0.39, 0.29) is 29.5 Å². The maximum absolute atomic E-state index is 13.9. The molecule has 9 heteroatoms. The van der Waals surface area contributed by atoms with E-state index in [1.54, 1.807) is 37.4 Å². The van der Waals surface area contributed by atoms with Gasteiger partial charge in [0.05, 0.1) is 29.2 Å². The maximum Gasteiger partial charge on any atom is 0.311 e. The smallest absolute Gasteiger partial charge is 0.311 e. The molecule has 0 unspecified atom stereocenters. The molecular weight excluding hydrogens is 580 g/mol. The zero-order valence-electron chi connectivity index (χ0n) is 25.9. The van der Waals surface area contributed by atoms with Crippen molar-refractivity contribution >= 4 is 33.6 Å². The van der Waals surface area contributed by atoms with Crippen LogP contribution in [0.15, 0.2) is 107 Å². The number of aromatic nitrogens is 2. The second kappa shape index (κ2) is 12.6. The van der Waals surface area contributed by atoms with Gasteiger partial charge in [0.15, 0.2) is 5.82 Å². The summed E-state index contributed by atoms with van der Waals surface area (Å²) < 4.78 is 13.1. The molecule has 0 radical (unpaired) electrons. The Morgan fingerprint density at radius 3 is 2.43 bits per heavy atom. The van der Waals surface area contributed by atoms with E-state index in [4.69, 9.17) is 14.5 Å². The van der Waals surface area contributed by atoms with Crippen LogP contribution in [0.5, 0.6) is 11.5 Å². The first-order valence-electron chi connectivity index (χ1n) is 14.9. The Labute approximate surface area is 265 Å². The quantitative estimate of drug-likeness (QED) is 0.0929. The summed E-state index contributed by atoms with van der Waals surface area (Å²) in [5.74, 6) is 1.28. The van der Waals surface area contributed by atoms with E-state index in [0.717, 1.165) is 38.8 Å². The maximum atomic E-state index is 13.9. The molecule has 0 spiro atoms. The van der Waals surface area contributed by atoms with Crippen LogP contribution in [0.2, 0.25) is 0 Å². The first-order chi connectivity index (χ1) is 22.3. The SMILES string of the molecule is COc1cc(C)c(-c2nc3ccccc3c(=O)n2N=Cc2cccc([N+](=O)[O-])c2OCc2cccc3ccccc23)cc1C(C)C. The van der Waals surface area contributed by atoms with Gasteiger partial charge >= 0.3 is 5.69 Å². The average molecular weight is 613 g/mol. The van der Waals surface area contributed by atoms with E-state index in [1.807, 2.05) is 67.6 Å². The molecule has 1 heterocycles. The lowest BCUT2D eigenvalue weighted by Gasteiger charge is -2.17. The minimum absolute atomic E-state index is 0.0512. The minimum Gasteiger partial charge on any atom is -0.496 e. The first-order valence-corrected chi connectivity index (χ1v) is 14.9. The minimum atomic E-state index is -0.487. The monoisotopic (exact) mass is 612 g/mol. The zero-order valence-corrected chi connectivity index (χ0v) is 25.9. The Morgan fingerprint density at radius 2 is 1.67 bits per heavy atom. The molecule has 6 rings (SSSR count). The van der Waals surface area contributed by atoms with Crippen molar-refractivity contribution in [2.75, 3.05) is 7.11 Å². The van der Waals surface area contributed by atoms with E-state index < -0.39 is 4.92 Å². The Bertz CT molecular complexity index is 2200. The molecule has 6 aromatic rings. The number of aryl methyl sites for hydroxylation is 1. The van der Waals surface area contributed by atoms with Crippen molar-refractivity contribution in [2.24, 2.45) is 5.10 Å². The van der Waals surface area contributed by atoms with Gasteiger partial charge in [-0.05, 0) is 70.6 Å². The molecule has 0 N–H and O–H groups in total. The summed E-state index contributed by atoms with van der Waals surface area (Å²) in [6, 6.07) is 29.4. The van der Waals surface area contributed by atoms with Crippen LogP contribution in [0, 0.1) is 17.0 Å². The van der Waals surface area contributed by atoms with Gasteiger partial charge in [-0.2, -0.15) is 9.78 Å². The molecule has 9 nitrogen and oxygen atoms in total. The van der Waals surface area contributed by atoms with Gasteiger partial charge in [-0.25, -0.2) is 4.98 Å². The molecular formula is C37H32N4O5. The number of hydrogen-bond acceptors (Lipinski definition) is 7. The highest BCUT2D eigenvalue weighted by molar-refractivity contribution is 5.87. The van der Waals surface area contributed by atoms with E-state index in [1.165, 1.54) is 17.0 Å². The number of nitro benzene ring substituents is 1. The van der Waals surface area contributed by atoms with Crippen molar-refractivity contribution in [1.82, 2.24) is 9.66 Å². The number of rotatable bonds is 9. The third-order valence-corrected chi connectivity index (χ3v) is 7.98. The van der Waals surface area contributed by atoms with Gasteiger partial charge in [-0.1, -0.05) is 74.5 Å². The molecule has 0 aliphatic rings. The molecule has 0 bridgehead atoms.